The van der Waals surface area contributed by atoms with Gasteiger partial charge in [-0.1, -0.05) is 13.8 Å². The number of hydrogen-bond donors (Lipinski definition) is 1. The molecule has 2 aliphatic rings. The lowest BCUT2D eigenvalue weighted by atomic mass is 9.74. The Bertz CT molecular complexity index is 276. The lowest BCUT2D eigenvalue weighted by Gasteiger charge is -2.44. The van der Waals surface area contributed by atoms with Crippen molar-refractivity contribution in [1.29, 1.82) is 0 Å². The summed E-state index contributed by atoms with van der Waals surface area (Å²) in [6.07, 6.45) is 7.83. The monoisotopic (exact) mass is 285 g/mol. The summed E-state index contributed by atoms with van der Waals surface area (Å²) in [5.41, 5.74) is 0.959. The molecule has 3 heteroatoms. The van der Waals surface area contributed by atoms with Crippen molar-refractivity contribution < 1.29 is 4.74 Å². The van der Waals surface area contributed by atoms with Crippen LogP contribution in [-0.2, 0) is 4.74 Å². The summed E-state index contributed by atoms with van der Waals surface area (Å²) >= 11 is 4.63. The third-order valence-electron chi connectivity index (χ3n) is 5.41. The molecule has 19 heavy (non-hydrogen) atoms. The van der Waals surface area contributed by atoms with Crippen LogP contribution in [0.4, 0.5) is 0 Å². The molecule has 1 aliphatic carbocycles. The van der Waals surface area contributed by atoms with Gasteiger partial charge in [-0.2, -0.15) is 12.6 Å². The van der Waals surface area contributed by atoms with Gasteiger partial charge in [0.2, 0.25) is 0 Å². The highest BCUT2D eigenvalue weighted by Gasteiger charge is 2.35. The van der Waals surface area contributed by atoms with Crippen molar-refractivity contribution in [3.8, 4) is 0 Å². The standard InChI is InChI=1S/C16H31NOS/c1-15(2)6-4-14(5-7-15)17(3)12-16(13-19)8-10-18-11-9-16/h14,19H,4-13H2,1-3H3. The molecule has 0 aromatic heterocycles. The summed E-state index contributed by atoms with van der Waals surface area (Å²) in [4.78, 5) is 2.62. The van der Waals surface area contributed by atoms with Crippen molar-refractivity contribution in [3.63, 3.8) is 0 Å². The van der Waals surface area contributed by atoms with Gasteiger partial charge in [-0.3, -0.25) is 0 Å². The molecule has 1 aliphatic heterocycles. The van der Waals surface area contributed by atoms with Gasteiger partial charge in [-0.15, -0.1) is 0 Å². The van der Waals surface area contributed by atoms with Gasteiger partial charge in [0.1, 0.15) is 0 Å². The first-order chi connectivity index (χ1) is 8.96. The van der Waals surface area contributed by atoms with Crippen LogP contribution in [-0.4, -0.2) is 43.5 Å². The van der Waals surface area contributed by atoms with Gasteiger partial charge < -0.3 is 9.64 Å². The Morgan fingerprint density at radius 2 is 1.68 bits per heavy atom. The highest BCUT2D eigenvalue weighted by atomic mass is 32.1. The second kappa shape index (κ2) is 6.36. The number of nitrogens with zero attached hydrogens (tertiary/aromatic N) is 1. The van der Waals surface area contributed by atoms with Gasteiger partial charge in [-0.25, -0.2) is 0 Å². The van der Waals surface area contributed by atoms with Crippen molar-refractivity contribution in [3.05, 3.63) is 0 Å². The van der Waals surface area contributed by atoms with Gasteiger partial charge in [-0.05, 0) is 62.2 Å². The molecule has 0 atom stereocenters. The Morgan fingerprint density at radius 3 is 2.21 bits per heavy atom. The normalized spacial score (nSPS) is 27.6. The smallest absolute Gasteiger partial charge is 0.0472 e. The molecule has 1 saturated heterocycles. The molecule has 2 fully saturated rings. The maximum Gasteiger partial charge on any atom is 0.0472 e. The van der Waals surface area contributed by atoms with Crippen molar-refractivity contribution in [2.45, 2.75) is 58.4 Å². The van der Waals surface area contributed by atoms with E-state index in [9.17, 15) is 0 Å². The van der Waals surface area contributed by atoms with Crippen molar-refractivity contribution in [2.24, 2.45) is 10.8 Å². The van der Waals surface area contributed by atoms with E-state index in [1.807, 2.05) is 0 Å². The third-order valence-corrected chi connectivity index (χ3v) is 6.08. The molecule has 0 spiro atoms. The van der Waals surface area contributed by atoms with Gasteiger partial charge in [0.15, 0.2) is 0 Å². The number of rotatable bonds is 4. The van der Waals surface area contributed by atoms with E-state index in [2.05, 4.69) is 38.4 Å². The molecule has 2 rings (SSSR count). The minimum absolute atomic E-state index is 0.392. The molecule has 0 unspecified atom stereocenters. The van der Waals surface area contributed by atoms with Crippen LogP contribution < -0.4 is 0 Å². The molecular formula is C16H31NOS. The quantitative estimate of drug-likeness (QED) is 0.792. The molecule has 112 valence electrons. The van der Waals surface area contributed by atoms with E-state index in [4.69, 9.17) is 4.74 Å². The van der Waals surface area contributed by atoms with Crippen LogP contribution in [0.2, 0.25) is 0 Å². The fourth-order valence-corrected chi connectivity index (χ4v) is 4.07. The SMILES string of the molecule is CN(CC1(CS)CCOCC1)C1CCC(C)(C)CC1. The van der Waals surface area contributed by atoms with Crippen LogP contribution in [0.15, 0.2) is 0 Å². The van der Waals surface area contributed by atoms with E-state index in [1.165, 1.54) is 45.1 Å². The highest BCUT2D eigenvalue weighted by Crippen LogP contribution is 2.39. The zero-order valence-corrected chi connectivity index (χ0v) is 13.8. The zero-order chi connectivity index (χ0) is 13.9. The Labute approximate surface area is 124 Å². The van der Waals surface area contributed by atoms with Gasteiger partial charge >= 0.3 is 0 Å². The second-order valence-electron chi connectivity index (χ2n) is 7.58. The molecule has 0 N–H and O–H groups in total. The fourth-order valence-electron chi connectivity index (χ4n) is 3.65. The fraction of sp³-hybridized carbons (Fsp3) is 1.00. The molecule has 0 radical (unpaired) electrons. The number of hydrogen-bond acceptors (Lipinski definition) is 3. The van der Waals surface area contributed by atoms with Crippen LogP contribution in [0.1, 0.15) is 52.4 Å². The average Bonchev–Trinajstić information content (AvgIpc) is 2.39. The maximum atomic E-state index is 5.53. The molecular weight excluding hydrogens is 254 g/mol. The van der Waals surface area contributed by atoms with E-state index < -0.39 is 0 Å². The van der Waals surface area contributed by atoms with Crippen molar-refractivity contribution in [2.75, 3.05) is 32.6 Å². The molecule has 1 heterocycles. The highest BCUT2D eigenvalue weighted by molar-refractivity contribution is 7.80. The summed E-state index contributed by atoms with van der Waals surface area (Å²) in [7, 11) is 2.32. The summed E-state index contributed by atoms with van der Waals surface area (Å²) in [6, 6.07) is 0.785. The zero-order valence-electron chi connectivity index (χ0n) is 13.0. The van der Waals surface area contributed by atoms with Gasteiger partial charge in [0.25, 0.3) is 0 Å². The van der Waals surface area contributed by atoms with Crippen molar-refractivity contribution in [1.82, 2.24) is 4.90 Å². The lowest BCUT2D eigenvalue weighted by molar-refractivity contribution is -0.000739. The van der Waals surface area contributed by atoms with Crippen molar-refractivity contribution >= 4 is 12.6 Å². The topological polar surface area (TPSA) is 12.5 Å². The number of thiol groups is 1. The first-order valence-electron chi connectivity index (χ1n) is 7.85. The van der Waals surface area contributed by atoms with E-state index >= 15 is 0 Å². The predicted molar refractivity (Wildman–Crippen MR) is 85.0 cm³/mol. The van der Waals surface area contributed by atoms with Crippen LogP contribution in [0.3, 0.4) is 0 Å². The first kappa shape index (κ1) is 15.7. The van der Waals surface area contributed by atoms with Crippen LogP contribution in [0.25, 0.3) is 0 Å². The molecule has 0 aromatic carbocycles. The van der Waals surface area contributed by atoms with Crippen LogP contribution in [0, 0.1) is 10.8 Å². The maximum absolute atomic E-state index is 5.53. The Hall–Kier alpha value is 0.270. The summed E-state index contributed by atoms with van der Waals surface area (Å²) in [5.74, 6) is 0.999. The van der Waals surface area contributed by atoms with Gasteiger partial charge in [0.05, 0.1) is 0 Å². The molecule has 2 nitrogen and oxygen atoms in total. The molecule has 1 saturated carbocycles. The second-order valence-corrected chi connectivity index (χ2v) is 7.90. The third kappa shape index (κ3) is 4.12. The summed E-state index contributed by atoms with van der Waals surface area (Å²) in [5, 5.41) is 0. The summed E-state index contributed by atoms with van der Waals surface area (Å²) in [6.45, 7) is 7.87. The predicted octanol–water partition coefficient (Wildman–Crippen LogP) is 3.61. The first-order valence-corrected chi connectivity index (χ1v) is 8.49. The largest absolute Gasteiger partial charge is 0.381 e. The van der Waals surface area contributed by atoms with E-state index in [0.717, 1.165) is 25.0 Å². The molecule has 0 amide bonds. The number of ether oxygens (including phenoxy) is 1. The molecule has 0 bridgehead atoms. The average molecular weight is 285 g/mol. The summed E-state index contributed by atoms with van der Waals surface area (Å²) < 4.78 is 5.53. The minimum atomic E-state index is 0.392. The lowest BCUT2D eigenvalue weighted by Crippen LogP contribution is -2.46. The van der Waals surface area contributed by atoms with Gasteiger partial charge in [0, 0.05) is 25.8 Å². The van der Waals surface area contributed by atoms with E-state index in [-0.39, 0.29) is 0 Å². The minimum Gasteiger partial charge on any atom is -0.381 e. The Morgan fingerprint density at radius 1 is 1.11 bits per heavy atom. The van der Waals surface area contributed by atoms with Crippen LogP contribution >= 0.6 is 12.6 Å². The Kier molecular flexibility index (Phi) is 5.24. The van der Waals surface area contributed by atoms with Crippen LogP contribution in [0.5, 0.6) is 0 Å². The van der Waals surface area contributed by atoms with E-state index in [0.29, 0.717) is 10.8 Å². The van der Waals surface area contributed by atoms with E-state index in [1.54, 1.807) is 0 Å². The Balaban J connectivity index is 1.87. The molecule has 0 aromatic rings.